The van der Waals surface area contributed by atoms with Crippen LogP contribution in [0, 0.1) is 0 Å². The summed E-state index contributed by atoms with van der Waals surface area (Å²) in [5.74, 6) is 0.676. The van der Waals surface area contributed by atoms with Gasteiger partial charge in [0.25, 0.3) is 0 Å². The van der Waals surface area contributed by atoms with Crippen molar-refractivity contribution in [3.05, 3.63) is 23.8 Å². The summed E-state index contributed by atoms with van der Waals surface area (Å²) in [5.41, 5.74) is 6.49. The molecule has 0 radical (unpaired) electrons. The van der Waals surface area contributed by atoms with Gasteiger partial charge in [-0.25, -0.2) is 4.79 Å². The monoisotopic (exact) mass is 180 g/mol. The van der Waals surface area contributed by atoms with Crippen LogP contribution in [0.25, 0.3) is 0 Å². The van der Waals surface area contributed by atoms with Crippen LogP contribution in [-0.4, -0.2) is 6.03 Å². The van der Waals surface area contributed by atoms with Crippen LogP contribution in [0.3, 0.4) is 0 Å². The van der Waals surface area contributed by atoms with Gasteiger partial charge in [-0.2, -0.15) is 4.89 Å². The first-order chi connectivity index (χ1) is 6.25. The number of rotatable bonds is 1. The summed E-state index contributed by atoms with van der Waals surface area (Å²) in [4.78, 5) is 20.1. The molecule has 0 unspecified atom stereocenters. The van der Waals surface area contributed by atoms with Crippen LogP contribution >= 0.6 is 0 Å². The topological polar surface area (TPSA) is 73.6 Å². The van der Waals surface area contributed by atoms with Gasteiger partial charge in [0.2, 0.25) is 0 Å². The third kappa shape index (κ3) is 1.54. The summed E-state index contributed by atoms with van der Waals surface area (Å²) in [6.45, 7) is 0.392. The van der Waals surface area contributed by atoms with E-state index in [0.717, 1.165) is 5.56 Å². The normalized spacial score (nSPS) is 13.2. The molecule has 3 N–H and O–H groups in total. The van der Waals surface area contributed by atoms with E-state index in [-0.39, 0.29) is 0 Å². The fourth-order valence-corrected chi connectivity index (χ4v) is 1.15. The number of carbonyl (C=O) groups excluding carboxylic acids is 1. The molecule has 0 saturated heterocycles. The van der Waals surface area contributed by atoms with Crippen LogP contribution in [0.1, 0.15) is 5.56 Å². The number of hydrogen-bond acceptors (Lipinski definition) is 3. The van der Waals surface area contributed by atoms with Gasteiger partial charge in [-0.3, -0.25) is 0 Å². The molecule has 2 amide bonds. The van der Waals surface area contributed by atoms with Crippen molar-refractivity contribution >= 4 is 11.7 Å². The van der Waals surface area contributed by atoms with Gasteiger partial charge in [0.05, 0.1) is 0 Å². The molecule has 1 aliphatic rings. The molecule has 0 aromatic heterocycles. The van der Waals surface area contributed by atoms with E-state index in [1.165, 1.54) is 0 Å². The molecule has 13 heavy (non-hydrogen) atoms. The van der Waals surface area contributed by atoms with Crippen molar-refractivity contribution < 1.29 is 14.6 Å². The number of hydrogen-bond donors (Lipinski definition) is 2. The molecule has 1 heterocycles. The Morgan fingerprint density at radius 1 is 1.54 bits per heavy atom. The quantitative estimate of drug-likeness (QED) is 0.633. The van der Waals surface area contributed by atoms with Gasteiger partial charge < -0.3 is 15.9 Å². The lowest BCUT2D eigenvalue weighted by molar-refractivity contribution is -0.194. The molecule has 0 aliphatic carbocycles. The summed E-state index contributed by atoms with van der Waals surface area (Å²) in [7, 11) is 0. The first-order valence-electron chi connectivity index (χ1n) is 3.74. The van der Waals surface area contributed by atoms with E-state index in [0.29, 0.717) is 18.0 Å². The number of nitrogens with two attached hydrogens (primary N) is 1. The highest BCUT2D eigenvalue weighted by molar-refractivity contribution is 5.88. The highest BCUT2D eigenvalue weighted by Crippen LogP contribution is 2.28. The number of carbonyl (C=O) groups is 1. The number of fused-ring (bicyclic) bond motifs is 1. The van der Waals surface area contributed by atoms with E-state index in [9.17, 15) is 4.79 Å². The van der Waals surface area contributed by atoms with Gasteiger partial charge in [0.1, 0.15) is 6.61 Å². The second-order valence-electron chi connectivity index (χ2n) is 2.66. The SMILES string of the molecule is NC(=O)Nc1ccc2c(c1)COO2. The third-order valence-electron chi connectivity index (χ3n) is 1.69. The molecule has 0 fully saturated rings. The second kappa shape index (κ2) is 2.95. The fourth-order valence-electron chi connectivity index (χ4n) is 1.15. The minimum Gasteiger partial charge on any atom is -0.351 e. The maximum Gasteiger partial charge on any atom is 0.316 e. The van der Waals surface area contributed by atoms with Crippen LogP contribution < -0.4 is 15.9 Å². The largest absolute Gasteiger partial charge is 0.351 e. The Balaban J connectivity index is 2.25. The van der Waals surface area contributed by atoms with Crippen molar-refractivity contribution in [3.8, 4) is 5.75 Å². The average Bonchev–Trinajstić information content (AvgIpc) is 2.49. The molecule has 1 aromatic rings. The van der Waals surface area contributed by atoms with E-state index in [2.05, 4.69) is 5.32 Å². The van der Waals surface area contributed by atoms with Gasteiger partial charge in [0.15, 0.2) is 5.75 Å². The number of primary amides is 1. The molecule has 0 spiro atoms. The van der Waals surface area contributed by atoms with Gasteiger partial charge in [0, 0.05) is 11.3 Å². The first-order valence-corrected chi connectivity index (χ1v) is 3.74. The Hall–Kier alpha value is -1.75. The number of benzene rings is 1. The number of urea groups is 1. The zero-order valence-corrected chi connectivity index (χ0v) is 6.74. The van der Waals surface area contributed by atoms with Crippen LogP contribution in [0.2, 0.25) is 0 Å². The van der Waals surface area contributed by atoms with Gasteiger partial charge in [-0.15, -0.1) is 0 Å². The van der Waals surface area contributed by atoms with Crippen molar-refractivity contribution in [2.45, 2.75) is 6.61 Å². The fraction of sp³-hybridized carbons (Fsp3) is 0.125. The molecule has 5 heteroatoms. The molecule has 1 aromatic carbocycles. The first kappa shape index (κ1) is 7.88. The number of amides is 2. The molecule has 2 rings (SSSR count). The van der Waals surface area contributed by atoms with Crippen molar-refractivity contribution in [2.24, 2.45) is 5.73 Å². The number of anilines is 1. The summed E-state index contributed by atoms with van der Waals surface area (Å²) >= 11 is 0. The lowest BCUT2D eigenvalue weighted by Crippen LogP contribution is -2.19. The van der Waals surface area contributed by atoms with E-state index in [1.54, 1.807) is 18.2 Å². The van der Waals surface area contributed by atoms with Gasteiger partial charge in [-0.1, -0.05) is 0 Å². The predicted octanol–water partition coefficient (Wildman–Crippen LogP) is 1.00. The molecule has 5 nitrogen and oxygen atoms in total. The molecular formula is C8H8N2O3. The maximum atomic E-state index is 10.5. The standard InChI is InChI=1S/C8H8N2O3/c9-8(11)10-6-1-2-7-5(3-6)4-12-13-7/h1-3H,4H2,(H3,9,10,11). The van der Waals surface area contributed by atoms with Crippen LogP contribution in [-0.2, 0) is 11.5 Å². The van der Waals surface area contributed by atoms with E-state index in [4.69, 9.17) is 15.5 Å². The maximum absolute atomic E-state index is 10.5. The summed E-state index contributed by atoms with van der Waals surface area (Å²) in [6, 6.07) is 4.58. The lowest BCUT2D eigenvalue weighted by atomic mass is 10.2. The summed E-state index contributed by atoms with van der Waals surface area (Å²) < 4.78 is 0. The van der Waals surface area contributed by atoms with Crippen molar-refractivity contribution in [1.82, 2.24) is 0 Å². The molecular weight excluding hydrogens is 172 g/mol. The van der Waals surface area contributed by atoms with E-state index < -0.39 is 6.03 Å². The van der Waals surface area contributed by atoms with Crippen molar-refractivity contribution in [1.29, 1.82) is 0 Å². The molecule has 68 valence electrons. The average molecular weight is 180 g/mol. The third-order valence-corrected chi connectivity index (χ3v) is 1.69. The van der Waals surface area contributed by atoms with Crippen molar-refractivity contribution in [3.63, 3.8) is 0 Å². The molecule has 0 bridgehead atoms. The minimum absolute atomic E-state index is 0.392. The highest BCUT2D eigenvalue weighted by atomic mass is 17.2. The predicted molar refractivity (Wildman–Crippen MR) is 45.1 cm³/mol. The Morgan fingerprint density at radius 3 is 3.15 bits per heavy atom. The van der Waals surface area contributed by atoms with E-state index >= 15 is 0 Å². The van der Waals surface area contributed by atoms with Crippen molar-refractivity contribution in [2.75, 3.05) is 5.32 Å². The lowest BCUT2D eigenvalue weighted by Gasteiger charge is -2.01. The highest BCUT2D eigenvalue weighted by Gasteiger charge is 2.13. The summed E-state index contributed by atoms with van der Waals surface area (Å²) in [5, 5.41) is 2.46. The van der Waals surface area contributed by atoms with Crippen LogP contribution in [0.5, 0.6) is 5.75 Å². The van der Waals surface area contributed by atoms with E-state index in [1.807, 2.05) is 0 Å². The van der Waals surface area contributed by atoms with Crippen LogP contribution in [0.4, 0.5) is 10.5 Å². The summed E-state index contributed by atoms with van der Waals surface area (Å²) in [6.07, 6.45) is 0. The Morgan fingerprint density at radius 2 is 2.38 bits per heavy atom. The molecule has 0 saturated carbocycles. The second-order valence-corrected chi connectivity index (χ2v) is 2.66. The zero-order chi connectivity index (χ0) is 9.26. The van der Waals surface area contributed by atoms with Crippen LogP contribution in [0.15, 0.2) is 18.2 Å². The smallest absolute Gasteiger partial charge is 0.316 e. The minimum atomic E-state index is -0.584. The van der Waals surface area contributed by atoms with Gasteiger partial charge in [-0.05, 0) is 18.2 Å². The zero-order valence-electron chi connectivity index (χ0n) is 6.74. The molecule has 0 atom stereocenters. The Bertz CT molecular complexity index is 351. The molecule has 1 aliphatic heterocycles. The number of nitrogens with one attached hydrogen (secondary N) is 1. The Labute approximate surface area is 74.4 Å². The Kier molecular flexibility index (Phi) is 1.79. The van der Waals surface area contributed by atoms with Gasteiger partial charge >= 0.3 is 6.03 Å².